The van der Waals surface area contributed by atoms with Crippen molar-refractivity contribution in [1.82, 2.24) is 10.3 Å². The van der Waals surface area contributed by atoms with E-state index in [4.69, 9.17) is 4.42 Å². The van der Waals surface area contributed by atoms with E-state index >= 15 is 0 Å². The lowest BCUT2D eigenvalue weighted by Crippen LogP contribution is -2.22. The average Bonchev–Trinajstić information content (AvgIpc) is 2.45. The van der Waals surface area contributed by atoms with Crippen molar-refractivity contribution < 1.29 is 4.42 Å². The van der Waals surface area contributed by atoms with Gasteiger partial charge < -0.3 is 9.73 Å². The molecule has 1 rings (SSSR count). The van der Waals surface area contributed by atoms with Crippen molar-refractivity contribution in [3.63, 3.8) is 0 Å². The summed E-state index contributed by atoms with van der Waals surface area (Å²) in [6.45, 7) is 8.33. The number of hydrogen-bond donors (Lipinski definition) is 1. The van der Waals surface area contributed by atoms with Crippen molar-refractivity contribution in [3.8, 4) is 0 Å². The predicted octanol–water partition coefficient (Wildman–Crippen LogP) is 1.77. The first-order valence-corrected chi connectivity index (χ1v) is 4.80. The Bertz CT molecular complexity index is 243. The highest BCUT2D eigenvalue weighted by Crippen LogP contribution is 2.00. The molecule has 13 heavy (non-hydrogen) atoms. The third kappa shape index (κ3) is 4.08. The molecular formula is C10H18N2O. The average molecular weight is 182 g/mol. The van der Waals surface area contributed by atoms with Gasteiger partial charge >= 0.3 is 0 Å². The molecule has 1 aromatic rings. The van der Waals surface area contributed by atoms with E-state index in [-0.39, 0.29) is 0 Å². The van der Waals surface area contributed by atoms with Crippen LogP contribution < -0.4 is 5.32 Å². The summed E-state index contributed by atoms with van der Waals surface area (Å²) < 4.78 is 5.22. The Hall–Kier alpha value is -0.830. The lowest BCUT2D eigenvalue weighted by Gasteiger charge is -2.04. The number of nitrogens with zero attached hydrogens (tertiary/aromatic N) is 1. The van der Waals surface area contributed by atoms with Gasteiger partial charge in [-0.3, -0.25) is 0 Å². The minimum Gasteiger partial charge on any atom is -0.449 e. The van der Waals surface area contributed by atoms with E-state index in [0.717, 1.165) is 31.1 Å². The van der Waals surface area contributed by atoms with Gasteiger partial charge in [-0.1, -0.05) is 13.8 Å². The van der Waals surface area contributed by atoms with E-state index in [9.17, 15) is 0 Å². The number of aryl methyl sites for hydroxylation is 1. The predicted molar refractivity (Wildman–Crippen MR) is 52.7 cm³/mol. The first-order valence-electron chi connectivity index (χ1n) is 4.80. The highest BCUT2D eigenvalue weighted by atomic mass is 16.3. The normalized spacial score (nSPS) is 11.1. The summed E-state index contributed by atoms with van der Waals surface area (Å²) in [4.78, 5) is 4.22. The Morgan fingerprint density at radius 1 is 1.54 bits per heavy atom. The van der Waals surface area contributed by atoms with E-state index < -0.39 is 0 Å². The summed E-state index contributed by atoms with van der Waals surface area (Å²) in [7, 11) is 0. The molecule has 3 heteroatoms. The standard InChI is InChI=1S/C10H18N2O/c1-8(2)6-11-5-4-10-12-9(3)7-13-10/h7-8,11H,4-6H2,1-3H3. The zero-order valence-electron chi connectivity index (χ0n) is 8.63. The van der Waals surface area contributed by atoms with E-state index in [0.29, 0.717) is 5.92 Å². The van der Waals surface area contributed by atoms with Crippen molar-refractivity contribution in [1.29, 1.82) is 0 Å². The second kappa shape index (κ2) is 5.02. The number of oxazole rings is 1. The van der Waals surface area contributed by atoms with Crippen molar-refractivity contribution in [3.05, 3.63) is 17.8 Å². The second-order valence-electron chi connectivity index (χ2n) is 3.73. The maximum absolute atomic E-state index is 5.22. The largest absolute Gasteiger partial charge is 0.449 e. The minimum atomic E-state index is 0.700. The molecule has 0 bridgehead atoms. The summed E-state index contributed by atoms with van der Waals surface area (Å²) in [6.07, 6.45) is 2.57. The quantitative estimate of drug-likeness (QED) is 0.705. The monoisotopic (exact) mass is 182 g/mol. The SMILES string of the molecule is Cc1coc(CCNCC(C)C)n1. The molecule has 74 valence electrons. The van der Waals surface area contributed by atoms with Gasteiger partial charge in [0.25, 0.3) is 0 Å². The first kappa shape index (κ1) is 10.3. The molecular weight excluding hydrogens is 164 g/mol. The topological polar surface area (TPSA) is 38.1 Å². The van der Waals surface area contributed by atoms with Gasteiger partial charge in [0.2, 0.25) is 0 Å². The van der Waals surface area contributed by atoms with Crippen LogP contribution in [0.3, 0.4) is 0 Å². The summed E-state index contributed by atoms with van der Waals surface area (Å²) in [5, 5.41) is 3.34. The van der Waals surface area contributed by atoms with E-state index in [1.54, 1.807) is 6.26 Å². The lowest BCUT2D eigenvalue weighted by atomic mass is 10.2. The van der Waals surface area contributed by atoms with Crippen LogP contribution in [0, 0.1) is 12.8 Å². The molecule has 0 fully saturated rings. The zero-order chi connectivity index (χ0) is 9.68. The highest BCUT2D eigenvalue weighted by molar-refractivity contribution is 4.92. The Kier molecular flexibility index (Phi) is 3.96. The molecule has 0 aromatic carbocycles. The highest BCUT2D eigenvalue weighted by Gasteiger charge is 1.99. The molecule has 0 spiro atoms. The molecule has 0 amide bonds. The molecule has 1 aromatic heterocycles. The van der Waals surface area contributed by atoms with Crippen LogP contribution in [0.1, 0.15) is 25.4 Å². The number of hydrogen-bond acceptors (Lipinski definition) is 3. The van der Waals surface area contributed by atoms with Gasteiger partial charge in [0, 0.05) is 13.0 Å². The van der Waals surface area contributed by atoms with Gasteiger partial charge in [-0.05, 0) is 19.4 Å². The van der Waals surface area contributed by atoms with Crippen molar-refractivity contribution in [2.75, 3.05) is 13.1 Å². The Morgan fingerprint density at radius 3 is 2.85 bits per heavy atom. The van der Waals surface area contributed by atoms with Gasteiger partial charge in [0.1, 0.15) is 6.26 Å². The molecule has 0 aliphatic carbocycles. The van der Waals surface area contributed by atoms with Crippen LogP contribution in [0.5, 0.6) is 0 Å². The van der Waals surface area contributed by atoms with Gasteiger partial charge in [0.15, 0.2) is 5.89 Å². The van der Waals surface area contributed by atoms with Crippen molar-refractivity contribution in [2.24, 2.45) is 5.92 Å². The molecule has 0 aliphatic heterocycles. The van der Waals surface area contributed by atoms with E-state index in [1.807, 2.05) is 6.92 Å². The fraction of sp³-hybridized carbons (Fsp3) is 0.700. The number of nitrogens with one attached hydrogen (secondary N) is 1. The Morgan fingerprint density at radius 2 is 2.31 bits per heavy atom. The molecule has 1 heterocycles. The molecule has 1 N–H and O–H groups in total. The van der Waals surface area contributed by atoms with Crippen LogP contribution in [-0.4, -0.2) is 18.1 Å². The van der Waals surface area contributed by atoms with Gasteiger partial charge in [0.05, 0.1) is 5.69 Å². The number of rotatable bonds is 5. The van der Waals surface area contributed by atoms with Crippen LogP contribution in [0.15, 0.2) is 10.7 Å². The van der Waals surface area contributed by atoms with Gasteiger partial charge in [-0.2, -0.15) is 0 Å². The molecule has 0 radical (unpaired) electrons. The van der Waals surface area contributed by atoms with Crippen molar-refractivity contribution in [2.45, 2.75) is 27.2 Å². The number of aromatic nitrogens is 1. The lowest BCUT2D eigenvalue weighted by molar-refractivity contribution is 0.474. The minimum absolute atomic E-state index is 0.700. The Labute approximate surface area is 79.5 Å². The molecule has 0 saturated carbocycles. The third-order valence-electron chi connectivity index (χ3n) is 1.73. The Balaban J connectivity index is 2.13. The molecule has 0 aliphatic rings. The second-order valence-corrected chi connectivity index (χ2v) is 3.73. The summed E-state index contributed by atoms with van der Waals surface area (Å²) >= 11 is 0. The van der Waals surface area contributed by atoms with E-state index in [2.05, 4.69) is 24.1 Å². The summed E-state index contributed by atoms with van der Waals surface area (Å²) in [6, 6.07) is 0. The molecule has 3 nitrogen and oxygen atoms in total. The van der Waals surface area contributed by atoms with Crippen LogP contribution in [-0.2, 0) is 6.42 Å². The fourth-order valence-corrected chi connectivity index (χ4v) is 1.10. The summed E-state index contributed by atoms with van der Waals surface area (Å²) in [5.74, 6) is 1.53. The third-order valence-corrected chi connectivity index (χ3v) is 1.73. The van der Waals surface area contributed by atoms with Crippen molar-refractivity contribution >= 4 is 0 Å². The van der Waals surface area contributed by atoms with Gasteiger partial charge in [-0.15, -0.1) is 0 Å². The molecule has 0 saturated heterocycles. The maximum atomic E-state index is 5.22. The van der Waals surface area contributed by atoms with Crippen LogP contribution in [0.25, 0.3) is 0 Å². The first-order chi connectivity index (χ1) is 6.18. The fourth-order valence-electron chi connectivity index (χ4n) is 1.10. The van der Waals surface area contributed by atoms with Crippen LogP contribution in [0.4, 0.5) is 0 Å². The molecule has 0 unspecified atom stereocenters. The van der Waals surface area contributed by atoms with Crippen LogP contribution >= 0.6 is 0 Å². The smallest absolute Gasteiger partial charge is 0.195 e. The summed E-state index contributed by atoms with van der Waals surface area (Å²) in [5.41, 5.74) is 0.957. The zero-order valence-corrected chi connectivity index (χ0v) is 8.63. The maximum Gasteiger partial charge on any atom is 0.195 e. The van der Waals surface area contributed by atoms with Gasteiger partial charge in [-0.25, -0.2) is 4.98 Å². The van der Waals surface area contributed by atoms with Crippen LogP contribution in [0.2, 0.25) is 0 Å². The molecule has 0 atom stereocenters. The van der Waals surface area contributed by atoms with E-state index in [1.165, 1.54) is 0 Å².